The van der Waals surface area contributed by atoms with Crippen LogP contribution in [-0.2, 0) is 19.1 Å². The lowest BCUT2D eigenvalue weighted by molar-refractivity contribution is -0.384. The molecule has 4 aromatic rings. The van der Waals surface area contributed by atoms with Gasteiger partial charge in [-0.25, -0.2) is 0 Å². The van der Waals surface area contributed by atoms with Crippen LogP contribution < -0.4 is 9.47 Å². The number of aliphatic hydroxyl groups excluding tert-OH is 3. The lowest BCUT2D eigenvalue weighted by atomic mass is 9.55. The Hall–Kier alpha value is -5.90. The molecule has 4 aromatic carbocycles. The van der Waals surface area contributed by atoms with Crippen LogP contribution in [0.5, 0.6) is 17.2 Å². The number of non-ortho nitro benzene ring substituents is 1. The van der Waals surface area contributed by atoms with Crippen molar-refractivity contribution in [2.24, 2.45) is 22.9 Å². The van der Waals surface area contributed by atoms with Crippen molar-refractivity contribution in [3.63, 3.8) is 0 Å². The second-order valence-electron chi connectivity index (χ2n) is 18.6. The van der Waals surface area contributed by atoms with Crippen molar-refractivity contribution in [1.82, 2.24) is 4.90 Å². The van der Waals surface area contributed by atoms with Gasteiger partial charge in [-0.3, -0.25) is 14.9 Å². The standard InChI is InChI=1S/C54H65N3O11/c1-5-30-65-54-49(56(26-31-64-32-29-60)50(61)25-18-37-16-20-41(21-17-37)57(62)63)36-47(55-68-53(2,3)4)45-34-40(14-8-10-27-58)44(15-9-11-28-59)51(52(45)54)46-35-43(23-24-48(46)67-54)66-42-22-19-38-12-6-7-13-39(38)33-42/h5-7,12-13,16-25,33-35,40,44,49,51-52,58-60H,1,8-11,14-15,26-32,36H2,2-4H3. The van der Waals surface area contributed by atoms with Gasteiger partial charge in [0, 0.05) is 55.9 Å². The van der Waals surface area contributed by atoms with E-state index in [0.29, 0.717) is 41.4 Å². The number of benzene rings is 4. The van der Waals surface area contributed by atoms with Gasteiger partial charge < -0.3 is 44.0 Å². The number of carbonyl (C=O) groups excluding carboxylic acids is 1. The number of allylic oxidation sites excluding steroid dienone is 1. The van der Waals surface area contributed by atoms with E-state index in [2.05, 4.69) is 30.9 Å². The molecule has 6 atom stereocenters. The Kier molecular flexibility index (Phi) is 16.9. The summed E-state index contributed by atoms with van der Waals surface area (Å²) in [6.07, 6.45) is 11.5. The monoisotopic (exact) mass is 931 g/mol. The van der Waals surface area contributed by atoms with Gasteiger partial charge in [0.2, 0.25) is 11.7 Å². The molecule has 1 saturated carbocycles. The van der Waals surface area contributed by atoms with Crippen molar-refractivity contribution < 1.29 is 48.8 Å². The highest BCUT2D eigenvalue weighted by Crippen LogP contribution is 2.62. The summed E-state index contributed by atoms with van der Waals surface area (Å²) in [5.41, 5.74) is 2.30. The number of nitro benzene ring substituents is 1. The third kappa shape index (κ3) is 11.7. The van der Waals surface area contributed by atoms with Crippen LogP contribution in [-0.4, -0.2) is 100 Å². The average Bonchev–Trinajstić information content (AvgIpc) is 3.33. The average molecular weight is 932 g/mol. The minimum absolute atomic E-state index is 0.0122. The van der Waals surface area contributed by atoms with Gasteiger partial charge in [-0.15, -0.1) is 6.58 Å². The molecule has 7 rings (SSSR count). The van der Waals surface area contributed by atoms with Gasteiger partial charge in [0.15, 0.2) is 0 Å². The van der Waals surface area contributed by atoms with Crippen molar-refractivity contribution in [1.29, 1.82) is 0 Å². The first kappa shape index (κ1) is 50.0. The maximum Gasteiger partial charge on any atom is 0.269 e. The summed E-state index contributed by atoms with van der Waals surface area (Å²) in [5, 5.41) is 48.1. The molecule has 0 saturated heterocycles. The highest BCUT2D eigenvalue weighted by molar-refractivity contribution is 6.03. The summed E-state index contributed by atoms with van der Waals surface area (Å²) in [6.45, 7) is 10.0. The number of ether oxygens (including phenoxy) is 4. The summed E-state index contributed by atoms with van der Waals surface area (Å²) < 4.78 is 27.0. The van der Waals surface area contributed by atoms with Gasteiger partial charge in [0.05, 0.1) is 43.0 Å². The maximum atomic E-state index is 14.9. The lowest BCUT2D eigenvalue weighted by Gasteiger charge is -2.60. The quantitative estimate of drug-likeness (QED) is 0.0212. The van der Waals surface area contributed by atoms with Crippen molar-refractivity contribution >= 4 is 34.2 Å². The van der Waals surface area contributed by atoms with E-state index in [1.807, 2.05) is 63.2 Å². The molecule has 1 amide bonds. The maximum absolute atomic E-state index is 14.9. The smallest absolute Gasteiger partial charge is 0.269 e. The molecule has 3 N–H and O–H groups in total. The van der Waals surface area contributed by atoms with Crippen LogP contribution in [0.15, 0.2) is 120 Å². The summed E-state index contributed by atoms with van der Waals surface area (Å²) in [4.78, 5) is 33.8. The number of carbonyl (C=O) groups is 1. The van der Waals surface area contributed by atoms with E-state index in [0.717, 1.165) is 47.6 Å². The molecule has 3 aliphatic rings. The zero-order valence-corrected chi connectivity index (χ0v) is 39.3. The number of aliphatic hydroxyl groups is 3. The third-order valence-corrected chi connectivity index (χ3v) is 12.9. The molecule has 0 aromatic heterocycles. The zero-order valence-electron chi connectivity index (χ0n) is 39.3. The number of fused-ring (bicyclic) bond motifs is 3. The van der Waals surface area contributed by atoms with E-state index in [-0.39, 0.29) is 76.0 Å². The van der Waals surface area contributed by atoms with Crippen molar-refractivity contribution in [2.75, 3.05) is 46.2 Å². The predicted octanol–water partition coefficient (Wildman–Crippen LogP) is 9.52. The molecule has 1 fully saturated rings. The largest absolute Gasteiger partial charge is 0.459 e. The third-order valence-electron chi connectivity index (χ3n) is 12.9. The summed E-state index contributed by atoms with van der Waals surface area (Å²) in [7, 11) is 0. The van der Waals surface area contributed by atoms with Crippen molar-refractivity contribution in [3.8, 4) is 17.2 Å². The summed E-state index contributed by atoms with van der Waals surface area (Å²) in [5.74, 6) is -0.889. The molecule has 1 aliphatic heterocycles. The molecule has 2 aliphatic carbocycles. The molecular weight excluding hydrogens is 867 g/mol. The Morgan fingerprint density at radius 3 is 2.35 bits per heavy atom. The molecule has 0 spiro atoms. The number of hydrogen-bond acceptors (Lipinski definition) is 12. The zero-order chi connectivity index (χ0) is 48.3. The molecule has 0 radical (unpaired) electrons. The normalized spacial score (nSPS) is 22.5. The van der Waals surface area contributed by atoms with Crippen LogP contribution >= 0.6 is 0 Å². The molecule has 68 heavy (non-hydrogen) atoms. The Bertz CT molecular complexity index is 2460. The number of amides is 1. The Labute approximate surface area is 398 Å². The molecular formula is C54H65N3O11. The second-order valence-corrected chi connectivity index (χ2v) is 18.6. The molecule has 362 valence electrons. The number of oxime groups is 1. The second kappa shape index (κ2) is 22.9. The first-order valence-electron chi connectivity index (χ1n) is 23.7. The van der Waals surface area contributed by atoms with Crippen molar-refractivity contribution in [2.45, 2.75) is 89.1 Å². The Morgan fingerprint density at radius 2 is 1.65 bits per heavy atom. The predicted molar refractivity (Wildman–Crippen MR) is 262 cm³/mol. The van der Waals surface area contributed by atoms with E-state index in [9.17, 15) is 30.2 Å². The Morgan fingerprint density at radius 1 is 0.926 bits per heavy atom. The molecule has 0 bridgehead atoms. The van der Waals surface area contributed by atoms with Gasteiger partial charge in [-0.05, 0) is 129 Å². The molecule has 6 unspecified atom stereocenters. The summed E-state index contributed by atoms with van der Waals surface area (Å²) in [6, 6.07) is 25.1. The van der Waals surface area contributed by atoms with Gasteiger partial charge in [-0.1, -0.05) is 60.5 Å². The van der Waals surface area contributed by atoms with E-state index in [4.69, 9.17) is 28.9 Å². The van der Waals surface area contributed by atoms with Crippen LogP contribution in [0.4, 0.5) is 5.69 Å². The highest BCUT2D eigenvalue weighted by Gasteiger charge is 2.65. The van der Waals surface area contributed by atoms with E-state index in [1.54, 1.807) is 29.2 Å². The molecule has 14 heteroatoms. The highest BCUT2D eigenvalue weighted by atomic mass is 16.7. The van der Waals surface area contributed by atoms with Crippen molar-refractivity contribution in [3.05, 3.63) is 137 Å². The fourth-order valence-corrected chi connectivity index (χ4v) is 9.99. The van der Waals surface area contributed by atoms with Crippen LogP contribution in [0, 0.1) is 27.9 Å². The van der Waals surface area contributed by atoms with Gasteiger partial charge in [-0.2, -0.15) is 0 Å². The number of nitro groups is 1. The van der Waals surface area contributed by atoms with Crippen LogP contribution in [0.25, 0.3) is 16.8 Å². The van der Waals surface area contributed by atoms with Gasteiger partial charge in [0.25, 0.3) is 5.69 Å². The first-order valence-corrected chi connectivity index (χ1v) is 23.7. The number of rotatable bonds is 23. The van der Waals surface area contributed by atoms with E-state index < -0.39 is 34.2 Å². The number of unbranched alkanes of at least 4 members (excludes halogenated alkanes) is 2. The van der Waals surface area contributed by atoms with Gasteiger partial charge >= 0.3 is 0 Å². The van der Waals surface area contributed by atoms with Crippen LogP contribution in [0.1, 0.15) is 82.8 Å². The van der Waals surface area contributed by atoms with E-state index >= 15 is 0 Å². The lowest BCUT2D eigenvalue weighted by Crippen LogP contribution is -2.70. The van der Waals surface area contributed by atoms with Crippen LogP contribution in [0.2, 0.25) is 0 Å². The first-order chi connectivity index (χ1) is 32.9. The van der Waals surface area contributed by atoms with E-state index in [1.165, 1.54) is 18.2 Å². The molecule has 14 nitrogen and oxygen atoms in total. The van der Waals surface area contributed by atoms with Gasteiger partial charge in [0.1, 0.15) is 28.9 Å². The minimum atomic E-state index is -1.53. The number of hydrogen-bond donors (Lipinski definition) is 3. The number of nitrogens with zero attached hydrogens (tertiary/aromatic N) is 3. The fourth-order valence-electron chi connectivity index (χ4n) is 9.99. The Balaban J connectivity index is 1.43. The molecule has 1 heterocycles. The minimum Gasteiger partial charge on any atom is -0.459 e. The summed E-state index contributed by atoms with van der Waals surface area (Å²) >= 11 is 0. The topological polar surface area (TPSA) is 183 Å². The fraction of sp³-hybridized carbons (Fsp3) is 0.444. The SMILES string of the molecule is C=CCOC12Oc3ccc(Oc4ccc5ccccc5c4)cc3C3C(CCCCO)C(CCCCO)C=C(C(=NOC(C)(C)C)CC1N(CCOCCO)C(=O)C=Cc1ccc([N+](=O)[O-])cc1)C32. The van der Waals surface area contributed by atoms with Crippen LogP contribution in [0.3, 0.4) is 0 Å².